The molecule has 1 N–H and O–H groups in total. The maximum atomic E-state index is 11.6. The molecule has 0 atom stereocenters. The van der Waals surface area contributed by atoms with Gasteiger partial charge in [0.25, 0.3) is 0 Å². The second-order valence-corrected chi connectivity index (χ2v) is 4.77. The van der Waals surface area contributed by atoms with E-state index in [1.165, 1.54) is 0 Å². The molecule has 18 heavy (non-hydrogen) atoms. The maximum absolute atomic E-state index is 11.6. The Labute approximate surface area is 105 Å². The topological polar surface area (TPSA) is 81.5 Å². The minimum absolute atomic E-state index is 0.341. The molecular weight excluding hydrogens is 236 g/mol. The number of carbonyl (C=O) groups is 1. The molecule has 1 aromatic carbocycles. The highest BCUT2D eigenvalue weighted by Crippen LogP contribution is 2.17. The molecule has 0 bridgehead atoms. The van der Waals surface area contributed by atoms with Gasteiger partial charge in [-0.2, -0.15) is 0 Å². The molecule has 0 spiro atoms. The van der Waals surface area contributed by atoms with Gasteiger partial charge in [-0.25, -0.2) is 4.79 Å². The third-order valence-corrected chi connectivity index (χ3v) is 1.95. The van der Waals surface area contributed by atoms with E-state index < -0.39 is 16.6 Å². The van der Waals surface area contributed by atoms with Crippen LogP contribution in [0, 0.1) is 10.1 Å². The third kappa shape index (κ3) is 4.82. The molecule has 0 saturated heterocycles. The minimum atomic E-state index is -0.627. The van der Waals surface area contributed by atoms with Crippen molar-refractivity contribution >= 4 is 11.8 Å². The van der Waals surface area contributed by atoms with Gasteiger partial charge >= 0.3 is 6.09 Å². The van der Waals surface area contributed by atoms with Crippen LogP contribution in [0.5, 0.6) is 0 Å². The lowest BCUT2D eigenvalue weighted by molar-refractivity contribution is -0.496. The summed E-state index contributed by atoms with van der Waals surface area (Å²) in [4.78, 5) is 21.6. The highest BCUT2D eigenvalue weighted by Gasteiger charge is 2.17. The SMILES string of the molecule is CC(C)(C)OC(=O)Nc1ccccc1C[N+](=O)[O-]. The lowest BCUT2D eigenvalue weighted by Crippen LogP contribution is -2.27. The van der Waals surface area contributed by atoms with Crippen molar-refractivity contribution in [2.75, 3.05) is 5.32 Å². The molecule has 1 rings (SSSR count). The normalized spacial score (nSPS) is 10.8. The van der Waals surface area contributed by atoms with E-state index in [-0.39, 0.29) is 6.54 Å². The molecule has 0 saturated carbocycles. The van der Waals surface area contributed by atoms with Crippen molar-refractivity contribution in [3.8, 4) is 0 Å². The van der Waals surface area contributed by atoms with Crippen LogP contribution >= 0.6 is 0 Å². The number of rotatable bonds is 3. The average Bonchev–Trinajstić information content (AvgIpc) is 2.17. The van der Waals surface area contributed by atoms with Crippen LogP contribution < -0.4 is 5.32 Å². The summed E-state index contributed by atoms with van der Waals surface area (Å²) < 4.78 is 5.08. The highest BCUT2D eigenvalue weighted by atomic mass is 16.6. The molecule has 0 aromatic heterocycles. The number of nitro groups is 1. The summed E-state index contributed by atoms with van der Waals surface area (Å²) in [6.45, 7) is 4.90. The Balaban J connectivity index is 2.78. The lowest BCUT2D eigenvalue weighted by atomic mass is 10.2. The summed E-state index contributed by atoms with van der Waals surface area (Å²) in [7, 11) is 0. The van der Waals surface area contributed by atoms with Gasteiger partial charge in [-0.15, -0.1) is 0 Å². The fraction of sp³-hybridized carbons (Fsp3) is 0.417. The maximum Gasteiger partial charge on any atom is 0.412 e. The second kappa shape index (κ2) is 5.48. The van der Waals surface area contributed by atoms with Crippen LogP contribution in [0.1, 0.15) is 26.3 Å². The minimum Gasteiger partial charge on any atom is -0.444 e. The number of hydrogen-bond donors (Lipinski definition) is 1. The number of carbonyl (C=O) groups excluding carboxylic acids is 1. The number of nitrogens with zero attached hydrogens (tertiary/aromatic N) is 1. The van der Waals surface area contributed by atoms with E-state index in [9.17, 15) is 14.9 Å². The molecule has 0 unspecified atom stereocenters. The van der Waals surface area contributed by atoms with E-state index >= 15 is 0 Å². The van der Waals surface area contributed by atoms with Crippen molar-refractivity contribution in [2.24, 2.45) is 0 Å². The van der Waals surface area contributed by atoms with Crippen LogP contribution in [-0.2, 0) is 11.3 Å². The highest BCUT2D eigenvalue weighted by molar-refractivity contribution is 5.85. The van der Waals surface area contributed by atoms with E-state index in [4.69, 9.17) is 4.74 Å². The van der Waals surface area contributed by atoms with Crippen LogP contribution in [0.2, 0.25) is 0 Å². The lowest BCUT2D eigenvalue weighted by Gasteiger charge is -2.20. The molecule has 6 heteroatoms. The third-order valence-electron chi connectivity index (χ3n) is 1.95. The number of anilines is 1. The summed E-state index contributed by atoms with van der Waals surface area (Å²) in [5.74, 6) is 0. The molecule has 6 nitrogen and oxygen atoms in total. The van der Waals surface area contributed by atoms with Crippen molar-refractivity contribution in [1.82, 2.24) is 0 Å². The molecule has 1 amide bonds. The largest absolute Gasteiger partial charge is 0.444 e. The Morgan fingerprint density at radius 2 is 2.00 bits per heavy atom. The smallest absolute Gasteiger partial charge is 0.412 e. The first-order valence-corrected chi connectivity index (χ1v) is 5.47. The average molecular weight is 252 g/mol. The van der Waals surface area contributed by atoms with Gasteiger partial charge in [-0.1, -0.05) is 18.2 Å². The standard InChI is InChI=1S/C12H16N2O4/c1-12(2,3)18-11(15)13-10-7-5-4-6-9(10)8-14(16)17/h4-7H,8H2,1-3H3,(H,13,15). The van der Waals surface area contributed by atoms with E-state index in [1.54, 1.807) is 45.0 Å². The van der Waals surface area contributed by atoms with Crippen molar-refractivity contribution < 1.29 is 14.5 Å². The zero-order valence-corrected chi connectivity index (χ0v) is 10.6. The fourth-order valence-corrected chi connectivity index (χ4v) is 1.33. The molecule has 0 aliphatic heterocycles. The first kappa shape index (κ1) is 14.0. The number of amides is 1. The second-order valence-electron chi connectivity index (χ2n) is 4.77. The summed E-state index contributed by atoms with van der Waals surface area (Å²) in [5.41, 5.74) is 0.221. The van der Waals surface area contributed by atoms with Gasteiger partial charge in [0.05, 0.1) is 5.69 Å². The Morgan fingerprint density at radius 1 is 1.39 bits per heavy atom. The Bertz CT molecular complexity index is 452. The molecule has 0 heterocycles. The number of hydrogen-bond acceptors (Lipinski definition) is 4. The van der Waals surface area contributed by atoms with Gasteiger partial charge in [-0.05, 0) is 26.8 Å². The van der Waals surface area contributed by atoms with Crippen LogP contribution in [0.25, 0.3) is 0 Å². The molecule has 1 aromatic rings. The van der Waals surface area contributed by atoms with E-state index in [0.717, 1.165) is 0 Å². The Kier molecular flexibility index (Phi) is 4.25. The molecular formula is C12H16N2O4. The fourth-order valence-electron chi connectivity index (χ4n) is 1.33. The van der Waals surface area contributed by atoms with Gasteiger partial charge in [-0.3, -0.25) is 15.4 Å². The summed E-state index contributed by atoms with van der Waals surface area (Å²) in [6.07, 6.45) is -0.627. The van der Waals surface area contributed by atoms with Crippen molar-refractivity contribution in [1.29, 1.82) is 0 Å². The van der Waals surface area contributed by atoms with Crippen LogP contribution in [-0.4, -0.2) is 16.6 Å². The van der Waals surface area contributed by atoms with Gasteiger partial charge < -0.3 is 4.74 Å². The summed E-state index contributed by atoms with van der Waals surface area (Å²) in [5, 5.41) is 13.0. The summed E-state index contributed by atoms with van der Waals surface area (Å²) >= 11 is 0. The van der Waals surface area contributed by atoms with E-state index in [1.807, 2.05) is 0 Å². The first-order valence-electron chi connectivity index (χ1n) is 5.47. The molecule has 0 aliphatic rings. The van der Waals surface area contributed by atoms with E-state index in [2.05, 4.69) is 5.32 Å². The van der Waals surface area contributed by atoms with E-state index in [0.29, 0.717) is 11.3 Å². The molecule has 0 fully saturated rings. The van der Waals surface area contributed by atoms with Gasteiger partial charge in [0.1, 0.15) is 5.60 Å². The van der Waals surface area contributed by atoms with Gasteiger partial charge in [0.15, 0.2) is 0 Å². The Hall–Kier alpha value is -2.11. The van der Waals surface area contributed by atoms with Crippen LogP contribution in [0.15, 0.2) is 24.3 Å². The van der Waals surface area contributed by atoms with Gasteiger partial charge in [0.2, 0.25) is 6.54 Å². The predicted octanol–water partition coefficient (Wildman–Crippen LogP) is 2.81. The van der Waals surface area contributed by atoms with Crippen molar-refractivity contribution in [3.05, 3.63) is 39.9 Å². The number of nitrogens with one attached hydrogen (secondary N) is 1. The zero-order chi connectivity index (χ0) is 13.8. The van der Waals surface area contributed by atoms with Crippen LogP contribution in [0.4, 0.5) is 10.5 Å². The summed E-state index contributed by atoms with van der Waals surface area (Å²) in [6, 6.07) is 6.56. The van der Waals surface area contributed by atoms with Crippen molar-refractivity contribution in [3.63, 3.8) is 0 Å². The Morgan fingerprint density at radius 3 is 2.56 bits per heavy atom. The van der Waals surface area contributed by atoms with Gasteiger partial charge in [0, 0.05) is 10.5 Å². The first-order chi connectivity index (χ1) is 8.28. The van der Waals surface area contributed by atoms with Crippen molar-refractivity contribution in [2.45, 2.75) is 32.9 Å². The number of para-hydroxylation sites is 1. The monoisotopic (exact) mass is 252 g/mol. The molecule has 0 aliphatic carbocycles. The molecule has 98 valence electrons. The predicted molar refractivity (Wildman–Crippen MR) is 67.0 cm³/mol. The van der Waals surface area contributed by atoms with Crippen LogP contribution in [0.3, 0.4) is 0 Å². The number of ether oxygens (including phenoxy) is 1. The quantitative estimate of drug-likeness (QED) is 0.662. The number of benzene rings is 1. The zero-order valence-electron chi connectivity index (χ0n) is 10.6. The molecule has 0 radical (unpaired) electrons.